The van der Waals surface area contributed by atoms with Crippen molar-refractivity contribution in [3.05, 3.63) is 33.1 Å². The molecule has 0 aliphatic carbocycles. The highest BCUT2D eigenvalue weighted by molar-refractivity contribution is 14.1. The topological polar surface area (TPSA) is 20.3 Å². The van der Waals surface area contributed by atoms with E-state index in [-0.39, 0.29) is 17.8 Å². The van der Waals surface area contributed by atoms with E-state index in [0.29, 0.717) is 9.13 Å². The largest absolute Gasteiger partial charge is 0.335 e. The third kappa shape index (κ3) is 3.04. The van der Waals surface area contributed by atoms with E-state index in [9.17, 15) is 9.18 Å². The van der Waals surface area contributed by atoms with Crippen LogP contribution >= 0.6 is 38.5 Å². The van der Waals surface area contributed by atoms with Gasteiger partial charge in [0.25, 0.3) is 5.91 Å². The van der Waals surface area contributed by atoms with Crippen molar-refractivity contribution >= 4 is 44.4 Å². The number of alkyl halides is 1. The van der Waals surface area contributed by atoms with Gasteiger partial charge in [-0.2, -0.15) is 0 Å². The second kappa shape index (κ2) is 6.32. The van der Waals surface area contributed by atoms with Crippen molar-refractivity contribution < 1.29 is 9.18 Å². The van der Waals surface area contributed by atoms with Gasteiger partial charge >= 0.3 is 0 Å². The Kier molecular flexibility index (Phi) is 5.00. The molecular formula is C13H14BrFINO. The normalized spacial score (nSPS) is 19.9. The van der Waals surface area contributed by atoms with Gasteiger partial charge in [0.2, 0.25) is 0 Å². The average molecular weight is 426 g/mol. The van der Waals surface area contributed by atoms with E-state index in [2.05, 4.69) is 15.9 Å². The number of hydrogen-bond donors (Lipinski definition) is 0. The van der Waals surface area contributed by atoms with Crippen molar-refractivity contribution in [3.63, 3.8) is 0 Å². The fourth-order valence-electron chi connectivity index (χ4n) is 2.25. The van der Waals surface area contributed by atoms with Crippen LogP contribution in [-0.4, -0.2) is 28.7 Å². The highest BCUT2D eigenvalue weighted by atomic mass is 127. The first-order valence-corrected chi connectivity index (χ1v) is 8.15. The first-order valence-electron chi connectivity index (χ1n) is 5.95. The number of benzene rings is 1. The molecule has 1 atom stereocenters. The summed E-state index contributed by atoms with van der Waals surface area (Å²) in [6, 6.07) is 4.59. The third-order valence-electron chi connectivity index (χ3n) is 3.23. The lowest BCUT2D eigenvalue weighted by Gasteiger charge is -2.35. The summed E-state index contributed by atoms with van der Waals surface area (Å²) >= 11 is 5.48. The minimum Gasteiger partial charge on any atom is -0.335 e. The molecule has 0 bridgehead atoms. The fourth-order valence-corrected chi connectivity index (χ4v) is 3.63. The first-order chi connectivity index (χ1) is 8.63. The molecule has 2 nitrogen and oxygen atoms in total. The highest BCUT2D eigenvalue weighted by Gasteiger charge is 2.27. The number of amides is 1. The van der Waals surface area contributed by atoms with Gasteiger partial charge in [0.15, 0.2) is 0 Å². The molecule has 1 fully saturated rings. The molecule has 0 N–H and O–H groups in total. The van der Waals surface area contributed by atoms with Gasteiger partial charge in [0, 0.05) is 21.5 Å². The molecule has 0 spiro atoms. The van der Waals surface area contributed by atoms with Crippen LogP contribution in [0.15, 0.2) is 18.2 Å². The maximum absolute atomic E-state index is 13.1. The Morgan fingerprint density at radius 3 is 2.94 bits per heavy atom. The lowest BCUT2D eigenvalue weighted by Crippen LogP contribution is -2.44. The molecule has 1 heterocycles. The maximum Gasteiger partial charge on any atom is 0.255 e. The van der Waals surface area contributed by atoms with Gasteiger partial charge in [0.05, 0.1) is 5.56 Å². The molecule has 98 valence electrons. The van der Waals surface area contributed by atoms with Crippen LogP contribution in [0.2, 0.25) is 0 Å². The smallest absolute Gasteiger partial charge is 0.255 e. The van der Waals surface area contributed by atoms with Crippen molar-refractivity contribution in [3.8, 4) is 0 Å². The van der Waals surface area contributed by atoms with Crippen LogP contribution in [0.1, 0.15) is 29.6 Å². The van der Waals surface area contributed by atoms with E-state index in [1.165, 1.54) is 18.6 Å². The minimum atomic E-state index is -0.299. The van der Waals surface area contributed by atoms with Crippen LogP contribution in [0.5, 0.6) is 0 Å². The molecule has 1 aliphatic rings. The van der Waals surface area contributed by atoms with Gasteiger partial charge < -0.3 is 4.90 Å². The summed E-state index contributed by atoms with van der Waals surface area (Å²) in [6.45, 7) is 0.794. The second-order valence-electron chi connectivity index (χ2n) is 4.43. The lowest BCUT2D eigenvalue weighted by molar-refractivity contribution is 0.0640. The van der Waals surface area contributed by atoms with Gasteiger partial charge in [-0.1, -0.05) is 15.9 Å². The SMILES string of the molecule is O=C(c1ccc(F)cc1I)N1CCCCC1CBr. The van der Waals surface area contributed by atoms with Crippen LogP contribution in [0.4, 0.5) is 4.39 Å². The second-order valence-corrected chi connectivity index (χ2v) is 6.24. The van der Waals surface area contributed by atoms with E-state index < -0.39 is 0 Å². The zero-order valence-corrected chi connectivity index (χ0v) is 13.6. The first kappa shape index (κ1) is 14.2. The standard InChI is InChI=1S/C13H14BrFINO/c14-8-10-3-1-2-6-17(10)13(18)11-5-4-9(15)7-12(11)16/h4-5,7,10H,1-3,6,8H2. The molecule has 1 aliphatic heterocycles. The molecule has 1 saturated heterocycles. The van der Waals surface area contributed by atoms with E-state index in [1.807, 2.05) is 27.5 Å². The number of carbonyl (C=O) groups is 1. The van der Waals surface area contributed by atoms with Crippen molar-refractivity contribution in [1.29, 1.82) is 0 Å². The van der Waals surface area contributed by atoms with Gasteiger partial charge in [-0.25, -0.2) is 4.39 Å². The van der Waals surface area contributed by atoms with Gasteiger partial charge in [-0.3, -0.25) is 4.79 Å². The molecule has 5 heteroatoms. The van der Waals surface area contributed by atoms with Gasteiger partial charge in [0.1, 0.15) is 5.82 Å². The number of hydrogen-bond acceptors (Lipinski definition) is 1. The molecule has 1 unspecified atom stereocenters. The summed E-state index contributed by atoms with van der Waals surface area (Å²) in [6.07, 6.45) is 3.25. The van der Waals surface area contributed by atoms with E-state index in [4.69, 9.17) is 0 Å². The Hall–Kier alpha value is -0.170. The van der Waals surface area contributed by atoms with Crippen molar-refractivity contribution in [2.75, 3.05) is 11.9 Å². The number of likely N-dealkylation sites (tertiary alicyclic amines) is 1. The molecule has 18 heavy (non-hydrogen) atoms. The van der Waals surface area contributed by atoms with Crippen LogP contribution in [0, 0.1) is 9.39 Å². The van der Waals surface area contributed by atoms with Gasteiger partial charge in [-0.05, 0) is 60.1 Å². The van der Waals surface area contributed by atoms with E-state index in [1.54, 1.807) is 6.07 Å². The van der Waals surface area contributed by atoms with Crippen LogP contribution in [0.25, 0.3) is 0 Å². The Balaban J connectivity index is 2.24. The Labute approximate surface area is 128 Å². The summed E-state index contributed by atoms with van der Waals surface area (Å²) in [4.78, 5) is 14.4. The zero-order valence-electron chi connectivity index (χ0n) is 9.83. The predicted octanol–water partition coefficient (Wildman–Crippen LogP) is 3.82. The Morgan fingerprint density at radius 1 is 1.50 bits per heavy atom. The molecule has 1 amide bonds. The molecular weight excluding hydrogens is 412 g/mol. The van der Waals surface area contributed by atoms with Crippen LogP contribution in [-0.2, 0) is 0 Å². The molecule has 0 saturated carbocycles. The molecule has 1 aromatic rings. The van der Waals surface area contributed by atoms with Crippen molar-refractivity contribution in [2.24, 2.45) is 0 Å². The Bertz CT molecular complexity index is 455. The van der Waals surface area contributed by atoms with Crippen LogP contribution < -0.4 is 0 Å². The quantitative estimate of drug-likeness (QED) is 0.521. The third-order valence-corrected chi connectivity index (χ3v) is 4.87. The number of carbonyl (C=O) groups excluding carboxylic acids is 1. The van der Waals surface area contributed by atoms with Crippen molar-refractivity contribution in [2.45, 2.75) is 25.3 Å². The minimum absolute atomic E-state index is 0.0172. The summed E-state index contributed by atoms with van der Waals surface area (Å²) in [5.74, 6) is -0.282. The van der Waals surface area contributed by atoms with E-state index >= 15 is 0 Å². The van der Waals surface area contributed by atoms with Crippen molar-refractivity contribution in [1.82, 2.24) is 4.90 Å². The summed E-state index contributed by atoms with van der Waals surface area (Å²) < 4.78 is 13.7. The molecule has 0 aromatic heterocycles. The van der Waals surface area contributed by atoms with Gasteiger partial charge in [-0.15, -0.1) is 0 Å². The lowest BCUT2D eigenvalue weighted by atomic mass is 10.0. The monoisotopic (exact) mass is 425 g/mol. The predicted molar refractivity (Wildman–Crippen MR) is 81.6 cm³/mol. The Morgan fingerprint density at radius 2 is 2.28 bits per heavy atom. The summed E-state index contributed by atoms with van der Waals surface area (Å²) in [5, 5.41) is 0.802. The average Bonchev–Trinajstić information content (AvgIpc) is 2.38. The number of nitrogens with zero attached hydrogens (tertiary/aromatic N) is 1. The highest BCUT2D eigenvalue weighted by Crippen LogP contribution is 2.23. The number of halogens is 3. The summed E-state index contributed by atoms with van der Waals surface area (Å²) in [7, 11) is 0. The number of rotatable bonds is 2. The molecule has 0 radical (unpaired) electrons. The molecule has 1 aromatic carbocycles. The van der Waals surface area contributed by atoms with Crippen LogP contribution in [0.3, 0.4) is 0 Å². The van der Waals surface area contributed by atoms with E-state index in [0.717, 1.165) is 24.7 Å². The molecule has 2 rings (SSSR count). The number of piperidine rings is 1. The summed E-state index contributed by atoms with van der Waals surface area (Å²) in [5.41, 5.74) is 0.602. The maximum atomic E-state index is 13.1. The fraction of sp³-hybridized carbons (Fsp3) is 0.462. The zero-order chi connectivity index (χ0) is 13.1.